The number of nitrogens with one attached hydrogen (secondary N) is 1. The Morgan fingerprint density at radius 1 is 1.24 bits per heavy atom. The minimum absolute atomic E-state index is 0.205. The van der Waals surface area contributed by atoms with E-state index in [1.54, 1.807) is 18.2 Å². The van der Waals surface area contributed by atoms with Crippen molar-refractivity contribution in [2.75, 3.05) is 19.2 Å². The summed E-state index contributed by atoms with van der Waals surface area (Å²) >= 11 is 1.35. The highest BCUT2D eigenvalue weighted by Gasteiger charge is 2.21. The molecule has 3 rings (SSSR count). The number of anilines is 1. The van der Waals surface area contributed by atoms with Crippen LogP contribution in [0.25, 0.3) is 6.08 Å². The lowest BCUT2D eigenvalue weighted by Crippen LogP contribution is -2.11. The Hall–Kier alpha value is -2.80. The summed E-state index contributed by atoms with van der Waals surface area (Å²) < 4.78 is 15.4. The molecule has 2 aromatic rings. The van der Waals surface area contributed by atoms with Gasteiger partial charge in [-0.15, -0.1) is 11.3 Å². The molecule has 1 amide bonds. The summed E-state index contributed by atoms with van der Waals surface area (Å²) in [5.74, 6) is 0.551. The molecule has 0 radical (unpaired) electrons. The predicted molar refractivity (Wildman–Crippen MR) is 95.4 cm³/mol. The molecular weight excluding hydrogens is 342 g/mol. The first-order valence-corrected chi connectivity index (χ1v) is 8.38. The van der Waals surface area contributed by atoms with Gasteiger partial charge >= 0.3 is 5.97 Å². The van der Waals surface area contributed by atoms with E-state index in [2.05, 4.69) is 5.32 Å². The van der Waals surface area contributed by atoms with Gasteiger partial charge in [0.2, 0.25) is 12.7 Å². The van der Waals surface area contributed by atoms with Gasteiger partial charge < -0.3 is 19.5 Å². The summed E-state index contributed by atoms with van der Waals surface area (Å²) in [6.45, 7) is 3.93. The van der Waals surface area contributed by atoms with Crippen molar-refractivity contribution in [3.05, 3.63) is 45.8 Å². The van der Waals surface area contributed by atoms with E-state index in [0.717, 1.165) is 16.0 Å². The molecule has 7 heteroatoms. The van der Waals surface area contributed by atoms with E-state index in [0.29, 0.717) is 22.1 Å². The summed E-state index contributed by atoms with van der Waals surface area (Å²) in [6.07, 6.45) is 3.07. The van der Waals surface area contributed by atoms with Crippen molar-refractivity contribution in [1.82, 2.24) is 0 Å². The average Bonchev–Trinajstić information content (AvgIpc) is 3.17. The predicted octanol–water partition coefficient (Wildman–Crippen LogP) is 3.53. The zero-order valence-electron chi connectivity index (χ0n) is 14.0. The van der Waals surface area contributed by atoms with Gasteiger partial charge in [0.05, 0.1) is 12.7 Å². The van der Waals surface area contributed by atoms with Crippen LogP contribution < -0.4 is 14.8 Å². The number of benzene rings is 1. The summed E-state index contributed by atoms with van der Waals surface area (Å²) in [6, 6.07) is 5.42. The van der Waals surface area contributed by atoms with Crippen LogP contribution in [0.2, 0.25) is 0 Å². The van der Waals surface area contributed by atoms with Gasteiger partial charge in [-0.3, -0.25) is 4.79 Å². The second kappa shape index (κ2) is 6.98. The molecule has 1 aromatic heterocycles. The van der Waals surface area contributed by atoms with Crippen LogP contribution in [0.15, 0.2) is 24.3 Å². The van der Waals surface area contributed by atoms with E-state index in [1.807, 2.05) is 19.9 Å². The molecule has 1 aliphatic rings. The molecule has 1 aromatic carbocycles. The van der Waals surface area contributed by atoms with E-state index in [4.69, 9.17) is 14.2 Å². The monoisotopic (exact) mass is 359 g/mol. The minimum Gasteiger partial charge on any atom is -0.465 e. The van der Waals surface area contributed by atoms with Crippen LogP contribution in [0.3, 0.4) is 0 Å². The third-order valence-electron chi connectivity index (χ3n) is 3.84. The Labute approximate surface area is 149 Å². The van der Waals surface area contributed by atoms with Crippen LogP contribution in [0, 0.1) is 13.8 Å². The van der Waals surface area contributed by atoms with Crippen LogP contribution in [-0.4, -0.2) is 25.8 Å². The standard InChI is InChI=1S/C18H17NO5S/c1-10-11(2)25-17(16(10)18(21)22-3)19-15(20)7-5-12-4-6-13-14(8-12)24-9-23-13/h4-8H,9H2,1-3H3,(H,19,20)/b7-5-. The topological polar surface area (TPSA) is 73.9 Å². The molecule has 0 unspecified atom stereocenters. The van der Waals surface area contributed by atoms with Crippen LogP contribution in [0.4, 0.5) is 5.00 Å². The Bertz CT molecular complexity index is 869. The molecule has 0 spiro atoms. The summed E-state index contributed by atoms with van der Waals surface area (Å²) in [7, 11) is 1.32. The Balaban J connectivity index is 1.75. The van der Waals surface area contributed by atoms with Crippen molar-refractivity contribution in [3.8, 4) is 11.5 Å². The molecule has 6 nitrogen and oxygen atoms in total. The lowest BCUT2D eigenvalue weighted by molar-refractivity contribution is -0.111. The second-order valence-electron chi connectivity index (χ2n) is 5.41. The van der Waals surface area contributed by atoms with Crippen molar-refractivity contribution < 1.29 is 23.8 Å². The minimum atomic E-state index is -0.461. The fourth-order valence-corrected chi connectivity index (χ4v) is 3.46. The maximum Gasteiger partial charge on any atom is 0.341 e. The lowest BCUT2D eigenvalue weighted by Gasteiger charge is -2.04. The van der Waals surface area contributed by atoms with Gasteiger partial charge in [-0.25, -0.2) is 4.79 Å². The van der Waals surface area contributed by atoms with E-state index < -0.39 is 5.97 Å². The molecule has 0 saturated carbocycles. The number of rotatable bonds is 4. The molecule has 25 heavy (non-hydrogen) atoms. The molecule has 130 valence electrons. The zero-order valence-corrected chi connectivity index (χ0v) is 14.9. The van der Waals surface area contributed by atoms with E-state index in [1.165, 1.54) is 24.5 Å². The van der Waals surface area contributed by atoms with E-state index >= 15 is 0 Å². The average molecular weight is 359 g/mol. The third-order valence-corrected chi connectivity index (χ3v) is 4.96. The number of amides is 1. The van der Waals surface area contributed by atoms with Crippen LogP contribution in [0.5, 0.6) is 11.5 Å². The molecule has 1 N–H and O–H groups in total. The first-order valence-electron chi connectivity index (χ1n) is 7.56. The highest BCUT2D eigenvalue weighted by molar-refractivity contribution is 7.16. The molecule has 2 heterocycles. The Kier molecular flexibility index (Phi) is 4.76. The SMILES string of the molecule is COC(=O)c1c(NC(=O)/C=C\c2ccc3c(c2)OCO3)sc(C)c1C. The van der Waals surface area contributed by atoms with Gasteiger partial charge in [0.1, 0.15) is 5.00 Å². The number of aryl methyl sites for hydroxylation is 1. The van der Waals surface area contributed by atoms with Crippen LogP contribution >= 0.6 is 11.3 Å². The molecular formula is C18H17NO5S. The number of thiophene rings is 1. The van der Waals surface area contributed by atoms with E-state index in [-0.39, 0.29) is 12.7 Å². The summed E-state index contributed by atoms with van der Waals surface area (Å²) in [5.41, 5.74) is 2.02. The zero-order chi connectivity index (χ0) is 18.0. The fourth-order valence-electron chi connectivity index (χ4n) is 2.41. The number of hydrogen-bond acceptors (Lipinski definition) is 6. The number of carbonyl (C=O) groups excluding carboxylic acids is 2. The molecule has 1 aliphatic heterocycles. The van der Waals surface area contributed by atoms with Gasteiger partial charge in [-0.05, 0) is 43.2 Å². The number of esters is 1. The molecule has 0 atom stereocenters. The summed E-state index contributed by atoms with van der Waals surface area (Å²) in [4.78, 5) is 25.1. The number of fused-ring (bicyclic) bond motifs is 1. The quantitative estimate of drug-likeness (QED) is 0.668. The highest BCUT2D eigenvalue weighted by Crippen LogP contribution is 2.34. The van der Waals surface area contributed by atoms with E-state index in [9.17, 15) is 9.59 Å². The van der Waals surface area contributed by atoms with Crippen molar-refractivity contribution in [3.63, 3.8) is 0 Å². The van der Waals surface area contributed by atoms with Crippen molar-refractivity contribution in [1.29, 1.82) is 0 Å². The largest absolute Gasteiger partial charge is 0.465 e. The van der Waals surface area contributed by atoms with Crippen molar-refractivity contribution in [2.24, 2.45) is 0 Å². The number of ether oxygens (including phenoxy) is 3. The maximum atomic E-state index is 12.2. The van der Waals surface area contributed by atoms with Crippen LogP contribution in [-0.2, 0) is 9.53 Å². The fraction of sp³-hybridized carbons (Fsp3) is 0.222. The van der Waals surface area contributed by atoms with Gasteiger partial charge in [0.25, 0.3) is 0 Å². The second-order valence-corrected chi connectivity index (χ2v) is 6.64. The molecule has 0 bridgehead atoms. The van der Waals surface area contributed by atoms with Crippen molar-refractivity contribution in [2.45, 2.75) is 13.8 Å². The Morgan fingerprint density at radius 3 is 2.76 bits per heavy atom. The number of methoxy groups -OCH3 is 1. The van der Waals surface area contributed by atoms with Gasteiger partial charge in [-0.2, -0.15) is 0 Å². The molecule has 0 saturated heterocycles. The lowest BCUT2D eigenvalue weighted by atomic mass is 10.1. The Morgan fingerprint density at radius 2 is 2.00 bits per heavy atom. The van der Waals surface area contributed by atoms with Crippen molar-refractivity contribution >= 4 is 34.3 Å². The van der Waals surface area contributed by atoms with Gasteiger partial charge in [-0.1, -0.05) is 6.07 Å². The normalized spacial score (nSPS) is 12.4. The van der Waals surface area contributed by atoms with Crippen LogP contribution in [0.1, 0.15) is 26.4 Å². The molecule has 0 fully saturated rings. The first-order chi connectivity index (χ1) is 12.0. The number of hydrogen-bond donors (Lipinski definition) is 1. The highest BCUT2D eigenvalue weighted by atomic mass is 32.1. The smallest absolute Gasteiger partial charge is 0.341 e. The molecule has 0 aliphatic carbocycles. The number of carbonyl (C=O) groups is 2. The van der Waals surface area contributed by atoms with Gasteiger partial charge in [0.15, 0.2) is 11.5 Å². The summed E-state index contributed by atoms with van der Waals surface area (Å²) in [5, 5.41) is 3.23. The maximum absolute atomic E-state index is 12.2. The third kappa shape index (κ3) is 3.51. The first kappa shape index (κ1) is 17.0. The van der Waals surface area contributed by atoms with Gasteiger partial charge in [0, 0.05) is 11.0 Å².